The van der Waals surface area contributed by atoms with Crippen LogP contribution in [0.5, 0.6) is 0 Å². The monoisotopic (exact) mass is 260 g/mol. The second kappa shape index (κ2) is 9.73. The van der Waals surface area contributed by atoms with E-state index < -0.39 is 0 Å². The van der Waals surface area contributed by atoms with E-state index in [0.717, 1.165) is 26.1 Å². The average Bonchev–Trinajstić information content (AvgIpc) is 2.32. The van der Waals surface area contributed by atoms with Crippen LogP contribution in [0.15, 0.2) is 0 Å². The molecular formula is C14H32N2O2. The Morgan fingerprint density at radius 1 is 1.33 bits per heavy atom. The zero-order valence-electron chi connectivity index (χ0n) is 12.8. The highest BCUT2D eigenvalue weighted by molar-refractivity contribution is 4.83. The maximum absolute atomic E-state index is 9.11. The summed E-state index contributed by atoms with van der Waals surface area (Å²) in [6.45, 7) is 13.5. The summed E-state index contributed by atoms with van der Waals surface area (Å²) in [7, 11) is 1.72. The van der Waals surface area contributed by atoms with Gasteiger partial charge in [-0.05, 0) is 25.3 Å². The molecule has 18 heavy (non-hydrogen) atoms. The summed E-state index contributed by atoms with van der Waals surface area (Å²) in [6.07, 6.45) is 1.16. The summed E-state index contributed by atoms with van der Waals surface area (Å²) in [5.41, 5.74) is 0.179. The lowest BCUT2D eigenvalue weighted by Gasteiger charge is -2.37. The SMILES string of the molecule is CCCNC(C)C(C)(C)CN(CCO)CCOC. The Bertz CT molecular complexity index is 198. The van der Waals surface area contributed by atoms with Crippen molar-refractivity contribution in [3.05, 3.63) is 0 Å². The number of nitrogens with zero attached hydrogens (tertiary/aromatic N) is 1. The Morgan fingerprint density at radius 3 is 2.50 bits per heavy atom. The fraction of sp³-hybridized carbons (Fsp3) is 1.00. The Morgan fingerprint density at radius 2 is 2.00 bits per heavy atom. The molecule has 0 saturated carbocycles. The highest BCUT2D eigenvalue weighted by Gasteiger charge is 2.27. The molecule has 0 saturated heterocycles. The van der Waals surface area contributed by atoms with Crippen molar-refractivity contribution in [2.24, 2.45) is 5.41 Å². The molecule has 110 valence electrons. The number of aliphatic hydroxyl groups excluding tert-OH is 1. The predicted octanol–water partition coefficient (Wildman–Crippen LogP) is 1.34. The van der Waals surface area contributed by atoms with Gasteiger partial charge in [0, 0.05) is 32.8 Å². The molecular weight excluding hydrogens is 228 g/mol. The molecule has 0 rings (SSSR count). The molecule has 1 atom stereocenters. The first-order valence-electron chi connectivity index (χ1n) is 7.03. The molecule has 0 fully saturated rings. The topological polar surface area (TPSA) is 44.7 Å². The van der Waals surface area contributed by atoms with Crippen LogP contribution in [-0.4, -0.2) is 62.6 Å². The maximum atomic E-state index is 9.11. The van der Waals surface area contributed by atoms with Gasteiger partial charge in [-0.1, -0.05) is 20.8 Å². The molecule has 2 N–H and O–H groups in total. The maximum Gasteiger partial charge on any atom is 0.0589 e. The van der Waals surface area contributed by atoms with Gasteiger partial charge in [0.2, 0.25) is 0 Å². The zero-order chi connectivity index (χ0) is 14.0. The highest BCUT2D eigenvalue weighted by atomic mass is 16.5. The van der Waals surface area contributed by atoms with E-state index in [2.05, 4.69) is 37.9 Å². The lowest BCUT2D eigenvalue weighted by Crippen LogP contribution is -2.48. The van der Waals surface area contributed by atoms with E-state index in [9.17, 15) is 0 Å². The van der Waals surface area contributed by atoms with E-state index in [1.54, 1.807) is 7.11 Å². The van der Waals surface area contributed by atoms with Gasteiger partial charge in [0.1, 0.15) is 0 Å². The van der Waals surface area contributed by atoms with E-state index in [-0.39, 0.29) is 12.0 Å². The third-order valence-corrected chi connectivity index (χ3v) is 3.53. The molecule has 0 aromatic rings. The molecule has 0 aromatic carbocycles. The highest BCUT2D eigenvalue weighted by Crippen LogP contribution is 2.22. The van der Waals surface area contributed by atoms with E-state index in [1.807, 2.05) is 0 Å². The standard InChI is InChI=1S/C14H32N2O2/c1-6-7-15-13(2)14(3,4)12-16(8-10-17)9-11-18-5/h13,15,17H,6-12H2,1-5H3. The fourth-order valence-corrected chi connectivity index (χ4v) is 1.98. The Balaban J connectivity index is 4.28. The quantitative estimate of drug-likeness (QED) is 0.588. The van der Waals surface area contributed by atoms with Crippen molar-refractivity contribution in [2.75, 3.05) is 46.5 Å². The zero-order valence-corrected chi connectivity index (χ0v) is 12.8. The van der Waals surface area contributed by atoms with Gasteiger partial charge < -0.3 is 15.2 Å². The molecule has 4 heteroatoms. The Hall–Kier alpha value is -0.160. The molecule has 0 amide bonds. The summed E-state index contributed by atoms with van der Waals surface area (Å²) < 4.78 is 5.12. The van der Waals surface area contributed by atoms with Crippen LogP contribution in [0.4, 0.5) is 0 Å². The van der Waals surface area contributed by atoms with Gasteiger partial charge >= 0.3 is 0 Å². The van der Waals surface area contributed by atoms with Gasteiger partial charge in [0.25, 0.3) is 0 Å². The second-order valence-corrected chi connectivity index (χ2v) is 5.66. The molecule has 0 bridgehead atoms. The minimum absolute atomic E-state index is 0.179. The summed E-state index contributed by atoms with van der Waals surface area (Å²) >= 11 is 0. The molecule has 0 radical (unpaired) electrons. The minimum Gasteiger partial charge on any atom is -0.395 e. The average molecular weight is 260 g/mol. The van der Waals surface area contributed by atoms with Crippen molar-refractivity contribution in [1.82, 2.24) is 10.2 Å². The summed E-state index contributed by atoms with van der Waals surface area (Å²) in [5, 5.41) is 12.7. The first-order valence-corrected chi connectivity index (χ1v) is 7.03. The van der Waals surface area contributed by atoms with Crippen LogP contribution >= 0.6 is 0 Å². The Kier molecular flexibility index (Phi) is 9.64. The Labute approximate surface area is 113 Å². The first-order chi connectivity index (χ1) is 8.47. The number of methoxy groups -OCH3 is 1. The lowest BCUT2D eigenvalue weighted by molar-refractivity contribution is 0.0886. The predicted molar refractivity (Wildman–Crippen MR) is 76.9 cm³/mol. The van der Waals surface area contributed by atoms with Crippen LogP contribution in [0, 0.1) is 5.41 Å². The molecule has 0 aliphatic heterocycles. The van der Waals surface area contributed by atoms with Crippen molar-refractivity contribution in [3.8, 4) is 0 Å². The van der Waals surface area contributed by atoms with E-state index in [0.29, 0.717) is 19.2 Å². The number of hydrogen-bond donors (Lipinski definition) is 2. The van der Waals surface area contributed by atoms with Gasteiger partial charge in [0.05, 0.1) is 13.2 Å². The van der Waals surface area contributed by atoms with Crippen molar-refractivity contribution < 1.29 is 9.84 Å². The van der Waals surface area contributed by atoms with Gasteiger partial charge in [-0.15, -0.1) is 0 Å². The number of nitrogens with one attached hydrogen (secondary N) is 1. The van der Waals surface area contributed by atoms with E-state index in [4.69, 9.17) is 9.84 Å². The third-order valence-electron chi connectivity index (χ3n) is 3.53. The molecule has 0 heterocycles. The van der Waals surface area contributed by atoms with Crippen molar-refractivity contribution in [1.29, 1.82) is 0 Å². The number of hydrogen-bond acceptors (Lipinski definition) is 4. The van der Waals surface area contributed by atoms with Crippen LogP contribution in [0.25, 0.3) is 0 Å². The fourth-order valence-electron chi connectivity index (χ4n) is 1.98. The molecule has 0 spiro atoms. The molecule has 0 aliphatic rings. The van der Waals surface area contributed by atoms with Gasteiger partial charge in [-0.3, -0.25) is 4.90 Å². The number of ether oxygens (including phenoxy) is 1. The van der Waals surface area contributed by atoms with E-state index in [1.165, 1.54) is 0 Å². The molecule has 4 nitrogen and oxygen atoms in total. The molecule has 0 aliphatic carbocycles. The van der Waals surface area contributed by atoms with Gasteiger partial charge in [-0.2, -0.15) is 0 Å². The number of rotatable bonds is 11. The third kappa shape index (κ3) is 7.31. The van der Waals surface area contributed by atoms with Gasteiger partial charge in [-0.25, -0.2) is 0 Å². The number of aliphatic hydroxyl groups is 1. The van der Waals surface area contributed by atoms with Crippen molar-refractivity contribution in [2.45, 2.75) is 40.2 Å². The summed E-state index contributed by atoms with van der Waals surface area (Å²) in [4.78, 5) is 2.27. The van der Waals surface area contributed by atoms with Crippen LogP contribution in [0.2, 0.25) is 0 Å². The van der Waals surface area contributed by atoms with Crippen molar-refractivity contribution >= 4 is 0 Å². The second-order valence-electron chi connectivity index (χ2n) is 5.66. The molecule has 0 aromatic heterocycles. The normalized spacial score (nSPS) is 14.2. The largest absolute Gasteiger partial charge is 0.395 e. The van der Waals surface area contributed by atoms with Crippen molar-refractivity contribution in [3.63, 3.8) is 0 Å². The summed E-state index contributed by atoms with van der Waals surface area (Å²) in [6, 6.07) is 0.459. The van der Waals surface area contributed by atoms with Crippen LogP contribution in [0.3, 0.4) is 0 Å². The van der Waals surface area contributed by atoms with Gasteiger partial charge in [0.15, 0.2) is 0 Å². The van der Waals surface area contributed by atoms with E-state index >= 15 is 0 Å². The smallest absolute Gasteiger partial charge is 0.0589 e. The summed E-state index contributed by atoms with van der Waals surface area (Å²) in [5.74, 6) is 0. The minimum atomic E-state index is 0.179. The van der Waals surface area contributed by atoms with Crippen LogP contribution in [-0.2, 0) is 4.74 Å². The van der Waals surface area contributed by atoms with Crippen LogP contribution < -0.4 is 5.32 Å². The van der Waals surface area contributed by atoms with Crippen LogP contribution in [0.1, 0.15) is 34.1 Å². The first kappa shape index (κ1) is 17.8. The lowest BCUT2D eigenvalue weighted by atomic mass is 9.84. The molecule has 1 unspecified atom stereocenters.